The Balaban J connectivity index is 1.40. The van der Waals surface area contributed by atoms with Crippen molar-refractivity contribution in [3.8, 4) is 5.75 Å². The summed E-state index contributed by atoms with van der Waals surface area (Å²) in [5, 5.41) is 7.75. The molecule has 0 aliphatic carbocycles. The van der Waals surface area contributed by atoms with E-state index in [-0.39, 0.29) is 55.7 Å². The summed E-state index contributed by atoms with van der Waals surface area (Å²) in [4.78, 5) is 16.6. The molecule has 2 aromatic heterocycles. The number of furan rings is 1. The predicted molar refractivity (Wildman–Crippen MR) is 138 cm³/mol. The Morgan fingerprint density at radius 3 is 2.20 bits per heavy atom. The van der Waals surface area contributed by atoms with Crippen LogP contribution in [0.25, 0.3) is 0 Å². The predicted octanol–water partition coefficient (Wildman–Crippen LogP) is 8.32. The molecule has 0 radical (unpaired) electrons. The van der Waals surface area contributed by atoms with Gasteiger partial charge in [-0.1, -0.05) is 87.3 Å². The molecule has 1 N–H and O–H groups in total. The van der Waals surface area contributed by atoms with Crippen molar-refractivity contribution in [2.24, 2.45) is 0 Å². The molecule has 0 spiro atoms. The first-order valence-electron chi connectivity index (χ1n) is 9.52. The zero-order chi connectivity index (χ0) is 25.3. The van der Waals surface area contributed by atoms with Gasteiger partial charge in [-0.2, -0.15) is 0 Å². The molecular formula is C21H11Cl7N4O3. The average molecular weight is 616 g/mol. The highest BCUT2D eigenvalue weighted by Gasteiger charge is 2.21. The fourth-order valence-electron chi connectivity index (χ4n) is 2.87. The Morgan fingerprint density at radius 1 is 0.914 bits per heavy atom. The quantitative estimate of drug-likeness (QED) is 0.167. The SMILES string of the molecule is O=C(Nc1ncn(Cc2c(Cl)cccc2Cl)n1)c1ccc(COc2c(Cl)c(Cl)c(Cl)c(Cl)c2Cl)o1. The molecule has 0 saturated heterocycles. The van der Waals surface area contributed by atoms with Crippen molar-refractivity contribution in [3.05, 3.63) is 88.9 Å². The number of hydrogen-bond acceptors (Lipinski definition) is 5. The monoisotopic (exact) mass is 612 g/mol. The van der Waals surface area contributed by atoms with Crippen molar-refractivity contribution in [1.82, 2.24) is 14.8 Å². The Morgan fingerprint density at radius 2 is 1.54 bits per heavy atom. The second kappa shape index (κ2) is 11.0. The summed E-state index contributed by atoms with van der Waals surface area (Å²) >= 11 is 42.7. The Labute approximate surface area is 233 Å². The van der Waals surface area contributed by atoms with E-state index < -0.39 is 5.91 Å². The van der Waals surface area contributed by atoms with E-state index in [0.29, 0.717) is 21.4 Å². The van der Waals surface area contributed by atoms with Crippen LogP contribution >= 0.6 is 81.2 Å². The normalized spacial score (nSPS) is 11.1. The van der Waals surface area contributed by atoms with Crippen LogP contribution in [0.1, 0.15) is 21.9 Å². The van der Waals surface area contributed by atoms with Crippen molar-refractivity contribution >= 4 is 93.1 Å². The molecule has 4 aromatic rings. The number of halogens is 7. The van der Waals surface area contributed by atoms with E-state index in [1.165, 1.54) is 17.1 Å². The summed E-state index contributed by atoms with van der Waals surface area (Å²) in [5.41, 5.74) is 0.678. The summed E-state index contributed by atoms with van der Waals surface area (Å²) in [7, 11) is 0. The topological polar surface area (TPSA) is 82.2 Å². The number of carbonyl (C=O) groups is 1. The van der Waals surface area contributed by atoms with Crippen LogP contribution in [0.15, 0.2) is 41.1 Å². The largest absolute Gasteiger partial charge is 0.482 e. The number of aromatic nitrogens is 3. The Hall–Kier alpha value is -1.84. The lowest BCUT2D eigenvalue weighted by Crippen LogP contribution is -2.12. The smallest absolute Gasteiger partial charge is 0.293 e. The molecule has 0 aliphatic rings. The molecule has 182 valence electrons. The fraction of sp³-hybridized carbons (Fsp3) is 0.0952. The van der Waals surface area contributed by atoms with Crippen LogP contribution in [0.2, 0.25) is 35.2 Å². The van der Waals surface area contributed by atoms with Crippen LogP contribution in [0.5, 0.6) is 5.75 Å². The van der Waals surface area contributed by atoms with Gasteiger partial charge in [-0.15, -0.1) is 5.10 Å². The molecule has 0 bridgehead atoms. The van der Waals surface area contributed by atoms with Crippen molar-refractivity contribution < 1.29 is 13.9 Å². The van der Waals surface area contributed by atoms with Crippen molar-refractivity contribution in [3.63, 3.8) is 0 Å². The lowest BCUT2D eigenvalue weighted by atomic mass is 10.2. The number of carbonyl (C=O) groups excluding carboxylic acids is 1. The number of rotatable bonds is 7. The Bertz CT molecular complexity index is 1370. The summed E-state index contributed by atoms with van der Waals surface area (Å²) in [6.07, 6.45) is 1.44. The van der Waals surface area contributed by atoms with Crippen molar-refractivity contribution in [2.45, 2.75) is 13.2 Å². The van der Waals surface area contributed by atoms with E-state index in [2.05, 4.69) is 15.4 Å². The zero-order valence-corrected chi connectivity index (χ0v) is 22.4. The highest BCUT2D eigenvalue weighted by atomic mass is 35.5. The molecule has 1 amide bonds. The van der Waals surface area contributed by atoms with Gasteiger partial charge < -0.3 is 9.15 Å². The molecule has 2 aromatic carbocycles. The average Bonchev–Trinajstić information content (AvgIpc) is 3.48. The number of nitrogens with one attached hydrogen (secondary N) is 1. The third-order valence-electron chi connectivity index (χ3n) is 4.56. The molecule has 7 nitrogen and oxygen atoms in total. The van der Waals surface area contributed by atoms with Gasteiger partial charge in [0.2, 0.25) is 5.95 Å². The molecule has 0 saturated carbocycles. The number of amides is 1. The number of hydrogen-bond donors (Lipinski definition) is 1. The second-order valence-corrected chi connectivity index (χ2v) is 9.58. The molecule has 14 heteroatoms. The van der Waals surface area contributed by atoms with Crippen LogP contribution in [-0.2, 0) is 13.2 Å². The molecule has 0 aliphatic heterocycles. The molecular weight excluding hydrogens is 604 g/mol. The standard InChI is InChI=1S/C21H11Cl7N4O3/c22-11-2-1-3-12(23)10(11)6-32-8-29-21(31-32)30-20(33)13-5-4-9(35-13)7-34-19-17(27)15(25)14(24)16(26)18(19)28/h1-5,8H,6-7H2,(H,30,31,33). The lowest BCUT2D eigenvalue weighted by molar-refractivity contribution is 0.0991. The van der Waals surface area contributed by atoms with Gasteiger partial charge in [-0.05, 0) is 24.3 Å². The van der Waals surface area contributed by atoms with Crippen LogP contribution in [0.3, 0.4) is 0 Å². The minimum absolute atomic E-state index is 0.000916. The molecule has 4 rings (SSSR count). The zero-order valence-electron chi connectivity index (χ0n) is 17.1. The maximum absolute atomic E-state index is 12.5. The van der Waals surface area contributed by atoms with E-state index in [4.69, 9.17) is 90.4 Å². The number of nitrogens with zero attached hydrogens (tertiary/aromatic N) is 3. The van der Waals surface area contributed by atoms with E-state index in [9.17, 15) is 4.79 Å². The van der Waals surface area contributed by atoms with Gasteiger partial charge in [-0.25, -0.2) is 9.67 Å². The minimum Gasteiger partial charge on any atom is -0.482 e. The van der Waals surface area contributed by atoms with Crippen LogP contribution < -0.4 is 10.1 Å². The summed E-state index contributed by atoms with van der Waals surface area (Å²) < 4.78 is 12.6. The number of ether oxygens (including phenoxy) is 1. The van der Waals surface area contributed by atoms with Gasteiger partial charge in [0.25, 0.3) is 5.91 Å². The molecule has 0 atom stereocenters. The number of benzene rings is 2. The molecule has 2 heterocycles. The highest BCUT2D eigenvalue weighted by Crippen LogP contribution is 2.48. The third-order valence-corrected chi connectivity index (χ3v) is 7.51. The first-order valence-corrected chi connectivity index (χ1v) is 12.2. The van der Waals surface area contributed by atoms with E-state index in [1.54, 1.807) is 24.3 Å². The van der Waals surface area contributed by atoms with E-state index in [0.717, 1.165) is 0 Å². The minimum atomic E-state index is -0.571. The fourth-order valence-corrected chi connectivity index (χ4v) is 4.62. The maximum Gasteiger partial charge on any atom is 0.293 e. The lowest BCUT2D eigenvalue weighted by Gasteiger charge is -2.12. The second-order valence-electron chi connectivity index (χ2n) is 6.87. The maximum atomic E-state index is 12.5. The number of anilines is 1. The van der Waals surface area contributed by atoms with Crippen molar-refractivity contribution in [1.29, 1.82) is 0 Å². The Kier molecular flexibility index (Phi) is 8.28. The van der Waals surface area contributed by atoms with Gasteiger partial charge in [0, 0.05) is 15.6 Å². The molecule has 0 fully saturated rings. The summed E-state index contributed by atoms with van der Waals surface area (Å²) in [6, 6.07) is 8.19. The van der Waals surface area contributed by atoms with Gasteiger partial charge in [-0.3, -0.25) is 10.1 Å². The third kappa shape index (κ3) is 5.78. The van der Waals surface area contributed by atoms with Gasteiger partial charge in [0.15, 0.2) is 11.5 Å². The molecule has 35 heavy (non-hydrogen) atoms. The van der Waals surface area contributed by atoms with Gasteiger partial charge >= 0.3 is 0 Å². The van der Waals surface area contributed by atoms with Crippen LogP contribution in [0.4, 0.5) is 5.95 Å². The summed E-state index contributed by atoms with van der Waals surface area (Å²) in [6.45, 7) is 0.153. The molecule has 0 unspecified atom stereocenters. The van der Waals surface area contributed by atoms with Gasteiger partial charge in [0.1, 0.15) is 28.7 Å². The van der Waals surface area contributed by atoms with Crippen LogP contribution in [0, 0.1) is 0 Å². The van der Waals surface area contributed by atoms with Gasteiger partial charge in [0.05, 0.1) is 21.6 Å². The summed E-state index contributed by atoms with van der Waals surface area (Å²) in [5.74, 6) is -0.173. The van der Waals surface area contributed by atoms with Crippen LogP contribution in [-0.4, -0.2) is 20.7 Å². The first kappa shape index (κ1) is 26.2. The highest BCUT2D eigenvalue weighted by molar-refractivity contribution is 6.55. The first-order chi connectivity index (χ1) is 16.7. The van der Waals surface area contributed by atoms with E-state index >= 15 is 0 Å². The van der Waals surface area contributed by atoms with E-state index in [1.807, 2.05) is 0 Å². The van der Waals surface area contributed by atoms with Crippen molar-refractivity contribution in [2.75, 3.05) is 5.32 Å².